The molecule has 0 aliphatic carbocycles. The van der Waals surface area contributed by atoms with Crippen molar-refractivity contribution in [3.8, 4) is 11.5 Å². The van der Waals surface area contributed by atoms with Crippen molar-refractivity contribution in [1.82, 2.24) is 16.0 Å². The molecule has 0 fully saturated rings. The van der Waals surface area contributed by atoms with Gasteiger partial charge in [0.15, 0.2) is 17.5 Å². The van der Waals surface area contributed by atoms with Crippen LogP contribution in [0.5, 0.6) is 11.5 Å². The van der Waals surface area contributed by atoms with Gasteiger partial charge in [-0.1, -0.05) is 6.07 Å². The number of rotatable bonds is 10. The molecule has 0 aliphatic heterocycles. The molecule has 1 rings (SSSR count). The molecule has 0 aliphatic rings. The van der Waals surface area contributed by atoms with Gasteiger partial charge in [0.25, 0.3) is 0 Å². The second-order valence-corrected chi connectivity index (χ2v) is 7.41. The van der Waals surface area contributed by atoms with Gasteiger partial charge in [0.1, 0.15) is 5.60 Å². The molecule has 1 aromatic rings. The average molecular weight is 409 g/mol. The lowest BCUT2D eigenvalue weighted by Crippen LogP contribution is -2.42. The van der Waals surface area contributed by atoms with Crippen LogP contribution in [-0.4, -0.2) is 58.1 Å². The number of amides is 1. The Balaban J connectivity index is 2.39. The smallest absolute Gasteiger partial charge is 0.407 e. The summed E-state index contributed by atoms with van der Waals surface area (Å²) >= 11 is 0. The van der Waals surface area contributed by atoms with E-state index in [-0.39, 0.29) is 0 Å². The highest BCUT2D eigenvalue weighted by atomic mass is 16.6. The van der Waals surface area contributed by atoms with Gasteiger partial charge in [0, 0.05) is 26.2 Å². The third-order valence-electron chi connectivity index (χ3n) is 3.77. The van der Waals surface area contributed by atoms with Crippen LogP contribution < -0.4 is 25.4 Å². The van der Waals surface area contributed by atoms with Crippen LogP contribution in [0.3, 0.4) is 0 Å². The van der Waals surface area contributed by atoms with E-state index in [1.807, 2.05) is 45.9 Å². The summed E-state index contributed by atoms with van der Waals surface area (Å²) in [5, 5.41) is 9.12. The number of carbonyl (C=O) groups excluding carboxylic acids is 1. The Kier molecular flexibility index (Phi) is 10.7. The number of guanidine groups is 1. The zero-order valence-electron chi connectivity index (χ0n) is 18.6. The number of benzene rings is 1. The topological polar surface area (TPSA) is 93.2 Å². The first-order valence-corrected chi connectivity index (χ1v) is 9.99. The Morgan fingerprint density at radius 2 is 1.72 bits per heavy atom. The van der Waals surface area contributed by atoms with Crippen molar-refractivity contribution in [2.45, 2.75) is 46.1 Å². The van der Waals surface area contributed by atoms with Crippen molar-refractivity contribution in [2.75, 3.05) is 40.4 Å². The Bertz CT molecular complexity index is 657. The minimum Gasteiger partial charge on any atom is -0.493 e. The number of ether oxygens (including phenoxy) is 3. The molecule has 0 radical (unpaired) electrons. The Labute approximate surface area is 174 Å². The first-order chi connectivity index (χ1) is 13.8. The van der Waals surface area contributed by atoms with Gasteiger partial charge in [-0.15, -0.1) is 0 Å². The number of nitrogens with zero attached hydrogens (tertiary/aromatic N) is 1. The van der Waals surface area contributed by atoms with Crippen molar-refractivity contribution < 1.29 is 19.0 Å². The SMILES string of the molecule is CCNC(=NCCCc1ccc(OC)c(OC)c1)NCCNC(=O)OC(C)(C)C. The minimum atomic E-state index is -0.498. The molecule has 0 saturated carbocycles. The van der Waals surface area contributed by atoms with Crippen LogP contribution in [0.2, 0.25) is 0 Å². The molecule has 0 spiro atoms. The summed E-state index contributed by atoms with van der Waals surface area (Å²) in [5.74, 6) is 2.19. The Hall–Kier alpha value is -2.64. The lowest BCUT2D eigenvalue weighted by molar-refractivity contribution is 0.0529. The normalized spacial score (nSPS) is 11.6. The fourth-order valence-electron chi connectivity index (χ4n) is 2.51. The predicted octanol–water partition coefficient (Wildman–Crippen LogP) is 2.72. The predicted molar refractivity (Wildman–Crippen MR) is 116 cm³/mol. The summed E-state index contributed by atoms with van der Waals surface area (Å²) in [4.78, 5) is 16.2. The maximum absolute atomic E-state index is 11.6. The van der Waals surface area contributed by atoms with Gasteiger partial charge in [0.2, 0.25) is 0 Å². The number of aliphatic imine (C=N–C) groups is 1. The van der Waals surface area contributed by atoms with Crippen LogP contribution in [0, 0.1) is 0 Å². The first kappa shape index (κ1) is 24.4. The molecule has 8 nitrogen and oxygen atoms in total. The standard InChI is InChI=1S/C21H36N4O4/c1-7-22-19(24-13-14-25-20(26)29-21(2,3)4)23-12-8-9-16-10-11-17(27-5)18(15-16)28-6/h10-11,15H,7-9,12-14H2,1-6H3,(H,25,26)(H2,22,23,24). The molecular weight excluding hydrogens is 372 g/mol. The van der Waals surface area contributed by atoms with E-state index in [0.717, 1.165) is 36.8 Å². The molecule has 164 valence electrons. The van der Waals surface area contributed by atoms with Crippen molar-refractivity contribution in [3.05, 3.63) is 23.8 Å². The molecule has 1 amide bonds. The highest BCUT2D eigenvalue weighted by Gasteiger charge is 2.15. The van der Waals surface area contributed by atoms with E-state index >= 15 is 0 Å². The van der Waals surface area contributed by atoms with Crippen LogP contribution in [-0.2, 0) is 11.2 Å². The molecule has 0 saturated heterocycles. The zero-order valence-corrected chi connectivity index (χ0v) is 18.6. The molecule has 0 bridgehead atoms. The summed E-state index contributed by atoms with van der Waals surface area (Å²) in [6.07, 6.45) is 1.38. The molecule has 1 aromatic carbocycles. The minimum absolute atomic E-state index is 0.420. The van der Waals surface area contributed by atoms with Crippen LogP contribution >= 0.6 is 0 Å². The summed E-state index contributed by atoms with van der Waals surface area (Å²) < 4.78 is 15.8. The van der Waals surface area contributed by atoms with Gasteiger partial charge < -0.3 is 30.2 Å². The van der Waals surface area contributed by atoms with Gasteiger partial charge >= 0.3 is 6.09 Å². The lowest BCUT2D eigenvalue weighted by Gasteiger charge is -2.19. The third-order valence-corrected chi connectivity index (χ3v) is 3.77. The Morgan fingerprint density at radius 1 is 1.03 bits per heavy atom. The van der Waals surface area contributed by atoms with E-state index in [9.17, 15) is 4.79 Å². The maximum atomic E-state index is 11.6. The van der Waals surface area contributed by atoms with E-state index in [2.05, 4.69) is 20.9 Å². The molecule has 0 atom stereocenters. The monoisotopic (exact) mass is 408 g/mol. The van der Waals surface area contributed by atoms with Crippen molar-refractivity contribution in [1.29, 1.82) is 0 Å². The lowest BCUT2D eigenvalue weighted by atomic mass is 10.1. The summed E-state index contributed by atoms with van der Waals surface area (Å²) in [7, 11) is 3.27. The number of hydrogen-bond acceptors (Lipinski definition) is 5. The Morgan fingerprint density at radius 3 is 2.34 bits per heavy atom. The molecule has 0 aromatic heterocycles. The van der Waals surface area contributed by atoms with Gasteiger partial charge in [-0.05, 0) is 58.2 Å². The molecule has 8 heteroatoms. The largest absolute Gasteiger partial charge is 0.493 e. The van der Waals surface area contributed by atoms with E-state index in [0.29, 0.717) is 19.6 Å². The van der Waals surface area contributed by atoms with Crippen LogP contribution in [0.1, 0.15) is 39.7 Å². The van der Waals surface area contributed by atoms with Crippen molar-refractivity contribution in [3.63, 3.8) is 0 Å². The summed E-state index contributed by atoms with van der Waals surface area (Å²) in [6, 6.07) is 5.95. The zero-order chi connectivity index (χ0) is 21.7. The number of methoxy groups -OCH3 is 2. The van der Waals surface area contributed by atoms with E-state index in [4.69, 9.17) is 14.2 Å². The van der Waals surface area contributed by atoms with E-state index in [1.54, 1.807) is 14.2 Å². The fraction of sp³-hybridized carbons (Fsp3) is 0.619. The number of alkyl carbamates (subject to hydrolysis) is 1. The average Bonchev–Trinajstić information content (AvgIpc) is 2.66. The van der Waals surface area contributed by atoms with Crippen LogP contribution in [0.25, 0.3) is 0 Å². The van der Waals surface area contributed by atoms with E-state index in [1.165, 1.54) is 5.56 Å². The molecule has 0 heterocycles. The van der Waals surface area contributed by atoms with Gasteiger partial charge in [-0.2, -0.15) is 0 Å². The maximum Gasteiger partial charge on any atom is 0.407 e. The number of carbonyl (C=O) groups is 1. The molecular formula is C21H36N4O4. The third kappa shape index (κ3) is 10.5. The first-order valence-electron chi connectivity index (χ1n) is 9.99. The highest BCUT2D eigenvalue weighted by molar-refractivity contribution is 5.79. The highest BCUT2D eigenvalue weighted by Crippen LogP contribution is 2.27. The number of hydrogen-bond donors (Lipinski definition) is 3. The van der Waals surface area contributed by atoms with Gasteiger partial charge in [-0.3, -0.25) is 4.99 Å². The summed E-state index contributed by atoms with van der Waals surface area (Å²) in [6.45, 7) is 9.98. The number of aryl methyl sites for hydroxylation is 1. The fourth-order valence-corrected chi connectivity index (χ4v) is 2.51. The second kappa shape index (κ2) is 12.7. The quantitative estimate of drug-likeness (QED) is 0.313. The summed E-state index contributed by atoms with van der Waals surface area (Å²) in [5.41, 5.74) is 0.680. The van der Waals surface area contributed by atoms with Crippen LogP contribution in [0.4, 0.5) is 4.79 Å². The molecule has 3 N–H and O–H groups in total. The van der Waals surface area contributed by atoms with E-state index < -0.39 is 11.7 Å². The van der Waals surface area contributed by atoms with Crippen molar-refractivity contribution in [2.24, 2.45) is 4.99 Å². The number of nitrogens with one attached hydrogen (secondary N) is 3. The van der Waals surface area contributed by atoms with Crippen molar-refractivity contribution >= 4 is 12.1 Å². The van der Waals surface area contributed by atoms with Gasteiger partial charge in [-0.25, -0.2) is 4.79 Å². The molecule has 0 unspecified atom stereocenters. The molecule has 29 heavy (non-hydrogen) atoms. The second-order valence-electron chi connectivity index (χ2n) is 7.41. The van der Waals surface area contributed by atoms with Gasteiger partial charge in [0.05, 0.1) is 14.2 Å². The van der Waals surface area contributed by atoms with Crippen LogP contribution in [0.15, 0.2) is 23.2 Å².